The second-order valence-electron chi connectivity index (χ2n) is 7.43. The normalized spacial score (nSPS) is 15.8. The minimum atomic E-state index is -4.59. The van der Waals surface area contributed by atoms with Crippen LogP contribution in [-0.2, 0) is 16.0 Å². The molecule has 1 saturated heterocycles. The third-order valence-electron chi connectivity index (χ3n) is 5.29. The van der Waals surface area contributed by atoms with E-state index in [0.29, 0.717) is 47.7 Å². The van der Waals surface area contributed by atoms with Crippen molar-refractivity contribution < 1.29 is 21.6 Å². The van der Waals surface area contributed by atoms with E-state index in [1.54, 1.807) is 18.2 Å². The van der Waals surface area contributed by atoms with E-state index in [9.17, 15) is 21.6 Å². The zero-order valence-electron chi connectivity index (χ0n) is 16.4. The van der Waals surface area contributed by atoms with E-state index in [2.05, 4.69) is 4.98 Å². The first kappa shape index (κ1) is 23.4. The average molecular weight is 521 g/mol. The number of anilines is 1. The third kappa shape index (κ3) is 4.90. The highest BCUT2D eigenvalue weighted by molar-refractivity contribution is 7.92. The van der Waals surface area contributed by atoms with Gasteiger partial charge >= 0.3 is 6.18 Å². The number of rotatable bonds is 4. The van der Waals surface area contributed by atoms with E-state index in [0.717, 1.165) is 22.8 Å². The van der Waals surface area contributed by atoms with Gasteiger partial charge in [0.2, 0.25) is 0 Å². The standard InChI is InChI=1S/C21H17Cl2F3N2O2S2/c22-15-8-13(9-16(23)11-15)19-12-31-20(27-19)28-6-4-17(5-7-28)32(29,30)18-3-1-2-14(10-18)21(24,25)26/h1-3,8-12,17H,4-7H2. The van der Waals surface area contributed by atoms with Crippen LogP contribution >= 0.6 is 34.5 Å². The lowest BCUT2D eigenvalue weighted by atomic mass is 10.1. The number of hydrogen-bond acceptors (Lipinski definition) is 5. The quantitative estimate of drug-likeness (QED) is 0.389. The highest BCUT2D eigenvalue weighted by atomic mass is 35.5. The molecule has 1 aliphatic rings. The van der Waals surface area contributed by atoms with Gasteiger partial charge in [-0.3, -0.25) is 0 Å². The number of benzene rings is 2. The number of alkyl halides is 3. The van der Waals surface area contributed by atoms with Gasteiger partial charge < -0.3 is 4.90 Å². The molecule has 1 fully saturated rings. The van der Waals surface area contributed by atoms with Crippen LogP contribution in [0.3, 0.4) is 0 Å². The van der Waals surface area contributed by atoms with Gasteiger partial charge in [0.25, 0.3) is 0 Å². The number of halogens is 5. The van der Waals surface area contributed by atoms with Crippen LogP contribution in [0, 0.1) is 0 Å². The molecule has 0 atom stereocenters. The summed E-state index contributed by atoms with van der Waals surface area (Å²) in [5.41, 5.74) is 0.535. The summed E-state index contributed by atoms with van der Waals surface area (Å²) >= 11 is 13.5. The van der Waals surface area contributed by atoms with Gasteiger partial charge in [-0.25, -0.2) is 13.4 Å². The van der Waals surface area contributed by atoms with Crippen LogP contribution in [0.2, 0.25) is 10.0 Å². The lowest BCUT2D eigenvalue weighted by Crippen LogP contribution is -2.39. The molecule has 0 radical (unpaired) electrons. The second-order valence-corrected chi connectivity index (χ2v) is 11.4. The largest absolute Gasteiger partial charge is 0.416 e. The van der Waals surface area contributed by atoms with Gasteiger partial charge in [0.05, 0.1) is 21.4 Å². The zero-order valence-corrected chi connectivity index (χ0v) is 19.6. The number of thiazole rings is 1. The second kappa shape index (κ2) is 8.85. The molecule has 0 unspecified atom stereocenters. The first-order valence-electron chi connectivity index (χ1n) is 9.62. The Kier molecular flexibility index (Phi) is 6.46. The average Bonchev–Trinajstić information content (AvgIpc) is 3.23. The van der Waals surface area contributed by atoms with Crippen LogP contribution in [-0.4, -0.2) is 31.7 Å². The van der Waals surface area contributed by atoms with Gasteiger partial charge in [0.1, 0.15) is 0 Å². The predicted molar refractivity (Wildman–Crippen MR) is 121 cm³/mol. The van der Waals surface area contributed by atoms with E-state index in [-0.39, 0.29) is 4.90 Å². The molecule has 4 nitrogen and oxygen atoms in total. The summed E-state index contributed by atoms with van der Waals surface area (Å²) in [6.45, 7) is 0.873. The molecule has 4 rings (SSSR count). The lowest BCUT2D eigenvalue weighted by Gasteiger charge is -2.31. The molecule has 2 heterocycles. The Morgan fingerprint density at radius 2 is 1.69 bits per heavy atom. The third-order valence-corrected chi connectivity index (χ3v) is 8.89. The molecule has 0 bridgehead atoms. The summed E-state index contributed by atoms with van der Waals surface area (Å²) in [6, 6.07) is 9.10. The molecule has 0 aliphatic carbocycles. The van der Waals surface area contributed by atoms with Gasteiger partial charge in [-0.15, -0.1) is 11.3 Å². The SMILES string of the molecule is O=S(=O)(c1cccc(C(F)(F)F)c1)C1CCN(c2nc(-c3cc(Cl)cc(Cl)c3)cs2)CC1. The molecule has 1 aromatic heterocycles. The van der Waals surface area contributed by atoms with Crippen LogP contribution in [0.5, 0.6) is 0 Å². The Balaban J connectivity index is 1.47. The first-order valence-corrected chi connectivity index (χ1v) is 12.8. The van der Waals surface area contributed by atoms with Crippen LogP contribution < -0.4 is 4.90 Å². The molecule has 0 amide bonds. The minimum Gasteiger partial charge on any atom is -0.348 e. The lowest BCUT2D eigenvalue weighted by molar-refractivity contribution is -0.137. The maximum Gasteiger partial charge on any atom is 0.416 e. The highest BCUT2D eigenvalue weighted by Crippen LogP contribution is 2.35. The van der Waals surface area contributed by atoms with E-state index in [4.69, 9.17) is 23.2 Å². The fourth-order valence-corrected chi connectivity index (χ4v) is 6.83. The smallest absolute Gasteiger partial charge is 0.348 e. The van der Waals surface area contributed by atoms with Crippen molar-refractivity contribution >= 4 is 49.5 Å². The molecule has 32 heavy (non-hydrogen) atoms. The van der Waals surface area contributed by atoms with Crippen LogP contribution in [0.25, 0.3) is 11.3 Å². The summed E-state index contributed by atoms with van der Waals surface area (Å²) in [7, 11) is -3.87. The van der Waals surface area contributed by atoms with Crippen molar-refractivity contribution in [2.45, 2.75) is 29.2 Å². The monoisotopic (exact) mass is 520 g/mol. The molecule has 0 spiro atoms. The van der Waals surface area contributed by atoms with E-state index in [1.165, 1.54) is 17.4 Å². The van der Waals surface area contributed by atoms with E-state index in [1.807, 2.05) is 10.3 Å². The molecule has 0 saturated carbocycles. The highest BCUT2D eigenvalue weighted by Gasteiger charge is 2.35. The fourth-order valence-electron chi connectivity index (χ4n) is 3.64. The van der Waals surface area contributed by atoms with Gasteiger partial charge in [0, 0.05) is 34.1 Å². The van der Waals surface area contributed by atoms with Gasteiger partial charge in [-0.05, 0) is 49.2 Å². The minimum absolute atomic E-state index is 0.292. The molecule has 11 heteroatoms. The number of nitrogens with zero attached hydrogens (tertiary/aromatic N) is 2. The van der Waals surface area contributed by atoms with Gasteiger partial charge in [0.15, 0.2) is 15.0 Å². The fraction of sp³-hybridized carbons (Fsp3) is 0.286. The Hall–Kier alpha value is -1.81. The molecular weight excluding hydrogens is 504 g/mol. The van der Waals surface area contributed by atoms with E-state index < -0.39 is 26.8 Å². The Morgan fingerprint density at radius 3 is 2.31 bits per heavy atom. The summed E-state index contributed by atoms with van der Waals surface area (Å²) in [5, 5.41) is 2.88. The van der Waals surface area contributed by atoms with Crippen molar-refractivity contribution in [1.82, 2.24) is 4.98 Å². The summed E-state index contributed by atoms with van der Waals surface area (Å²) in [5.74, 6) is 0. The van der Waals surface area contributed by atoms with Crippen LogP contribution in [0.1, 0.15) is 18.4 Å². The molecule has 0 N–H and O–H groups in total. The van der Waals surface area contributed by atoms with Crippen molar-refractivity contribution in [2.24, 2.45) is 0 Å². The molecule has 1 aliphatic heterocycles. The van der Waals surface area contributed by atoms with Gasteiger partial charge in [-0.2, -0.15) is 13.2 Å². The number of hydrogen-bond donors (Lipinski definition) is 0. The Bertz CT molecular complexity index is 1220. The van der Waals surface area contributed by atoms with Crippen molar-refractivity contribution in [2.75, 3.05) is 18.0 Å². The van der Waals surface area contributed by atoms with Crippen LogP contribution in [0.15, 0.2) is 52.7 Å². The number of sulfone groups is 1. The van der Waals surface area contributed by atoms with Crippen molar-refractivity contribution in [3.8, 4) is 11.3 Å². The number of aromatic nitrogens is 1. The topological polar surface area (TPSA) is 50.3 Å². The summed E-state index contributed by atoms with van der Waals surface area (Å²) in [4.78, 5) is 6.32. The number of piperidine rings is 1. The molecule has 3 aromatic rings. The molecule has 2 aromatic carbocycles. The zero-order chi connectivity index (χ0) is 23.1. The molecular formula is C21H17Cl2F3N2O2S2. The summed E-state index contributed by atoms with van der Waals surface area (Å²) < 4.78 is 64.8. The summed E-state index contributed by atoms with van der Waals surface area (Å²) in [6.07, 6.45) is -3.99. The van der Waals surface area contributed by atoms with Crippen molar-refractivity contribution in [3.63, 3.8) is 0 Å². The molecule has 170 valence electrons. The maximum absolute atomic E-state index is 13.0. The first-order chi connectivity index (χ1) is 15.0. The van der Waals surface area contributed by atoms with Crippen molar-refractivity contribution in [1.29, 1.82) is 0 Å². The maximum atomic E-state index is 13.0. The van der Waals surface area contributed by atoms with Gasteiger partial charge in [-0.1, -0.05) is 29.3 Å². The van der Waals surface area contributed by atoms with Crippen LogP contribution in [0.4, 0.5) is 18.3 Å². The Morgan fingerprint density at radius 1 is 1.03 bits per heavy atom. The van der Waals surface area contributed by atoms with E-state index >= 15 is 0 Å². The van der Waals surface area contributed by atoms with Crippen molar-refractivity contribution in [3.05, 3.63) is 63.5 Å². The Labute approximate surface area is 197 Å². The predicted octanol–water partition coefficient (Wildman–Crippen LogP) is 6.58.